The molecule has 3 nitrogen and oxygen atoms in total. The van der Waals surface area contributed by atoms with Gasteiger partial charge in [-0.1, -0.05) is 6.92 Å². The van der Waals surface area contributed by atoms with E-state index < -0.39 is 0 Å². The van der Waals surface area contributed by atoms with Gasteiger partial charge in [0, 0.05) is 27.9 Å². The molecule has 0 aliphatic rings. The van der Waals surface area contributed by atoms with E-state index in [1.165, 1.54) is 15.3 Å². The maximum atomic E-state index is 6.37. The number of aryl methyl sites for hydroxylation is 2. The Labute approximate surface area is 125 Å². The molecule has 0 radical (unpaired) electrons. The molecule has 0 fully saturated rings. The van der Waals surface area contributed by atoms with Gasteiger partial charge in [-0.15, -0.1) is 11.3 Å². The lowest BCUT2D eigenvalue weighted by atomic mass is 10.0. The van der Waals surface area contributed by atoms with Gasteiger partial charge in [-0.3, -0.25) is 4.90 Å². The number of likely N-dealkylation sites (N-methyl/N-ethyl adjacent to an activating group) is 1. The molecule has 0 aromatic carbocycles. The van der Waals surface area contributed by atoms with E-state index in [-0.39, 0.29) is 12.1 Å². The van der Waals surface area contributed by atoms with E-state index in [0.29, 0.717) is 0 Å². The maximum Gasteiger partial charge on any atom is 0.105 e. The Morgan fingerprint density at radius 2 is 2.05 bits per heavy atom. The van der Waals surface area contributed by atoms with Crippen LogP contribution in [0.2, 0.25) is 0 Å². The summed E-state index contributed by atoms with van der Waals surface area (Å²) in [6.07, 6.45) is 2.72. The van der Waals surface area contributed by atoms with Gasteiger partial charge in [0.2, 0.25) is 0 Å². The first-order valence-electron chi connectivity index (χ1n) is 7.08. The number of hydrogen-bond acceptors (Lipinski definition) is 4. The van der Waals surface area contributed by atoms with Crippen molar-refractivity contribution in [3.8, 4) is 0 Å². The standard InChI is InChI=1S/C16H24N2OS/c1-5-14(17)16(15-7-6-11(2)20-15)18(4)10-13-8-9-19-12(13)3/h6-9,14,16H,5,10,17H2,1-4H3. The Hall–Kier alpha value is -1.10. The van der Waals surface area contributed by atoms with Crippen LogP contribution in [0.4, 0.5) is 0 Å². The molecule has 0 aliphatic heterocycles. The summed E-state index contributed by atoms with van der Waals surface area (Å²) in [6, 6.07) is 6.82. The van der Waals surface area contributed by atoms with Gasteiger partial charge < -0.3 is 10.2 Å². The maximum absolute atomic E-state index is 6.37. The summed E-state index contributed by atoms with van der Waals surface area (Å²) in [4.78, 5) is 5.01. The predicted molar refractivity (Wildman–Crippen MR) is 85.0 cm³/mol. The van der Waals surface area contributed by atoms with Crippen molar-refractivity contribution >= 4 is 11.3 Å². The highest BCUT2D eigenvalue weighted by Crippen LogP contribution is 2.31. The second-order valence-corrected chi connectivity index (χ2v) is 6.70. The van der Waals surface area contributed by atoms with Crippen LogP contribution in [0.15, 0.2) is 28.9 Å². The van der Waals surface area contributed by atoms with Crippen molar-refractivity contribution in [3.05, 3.63) is 45.5 Å². The predicted octanol–water partition coefficient (Wildman–Crippen LogP) is 3.87. The largest absolute Gasteiger partial charge is 0.469 e. The lowest BCUT2D eigenvalue weighted by Gasteiger charge is -2.31. The molecule has 4 heteroatoms. The lowest BCUT2D eigenvalue weighted by Crippen LogP contribution is -2.38. The summed E-state index contributed by atoms with van der Waals surface area (Å²) < 4.78 is 5.39. The molecule has 110 valence electrons. The second kappa shape index (κ2) is 6.57. The molecule has 20 heavy (non-hydrogen) atoms. The number of nitrogens with zero attached hydrogens (tertiary/aromatic N) is 1. The zero-order valence-corrected chi connectivity index (χ0v) is 13.5. The highest BCUT2D eigenvalue weighted by molar-refractivity contribution is 7.12. The van der Waals surface area contributed by atoms with Crippen molar-refractivity contribution in [1.29, 1.82) is 0 Å². The highest BCUT2D eigenvalue weighted by Gasteiger charge is 2.25. The minimum Gasteiger partial charge on any atom is -0.469 e. The van der Waals surface area contributed by atoms with Crippen LogP contribution in [0.25, 0.3) is 0 Å². The minimum atomic E-state index is 0.144. The van der Waals surface area contributed by atoms with Gasteiger partial charge in [-0.05, 0) is 45.5 Å². The molecule has 0 amide bonds. The van der Waals surface area contributed by atoms with E-state index >= 15 is 0 Å². The molecular formula is C16H24N2OS. The van der Waals surface area contributed by atoms with Crippen LogP contribution in [0, 0.1) is 13.8 Å². The molecule has 2 aromatic heterocycles. The Kier molecular flexibility index (Phi) is 5.02. The molecule has 2 rings (SSSR count). The number of hydrogen-bond donors (Lipinski definition) is 1. The Morgan fingerprint density at radius 3 is 2.55 bits per heavy atom. The zero-order chi connectivity index (χ0) is 14.7. The molecule has 2 unspecified atom stereocenters. The molecule has 2 aromatic rings. The van der Waals surface area contributed by atoms with E-state index in [1.54, 1.807) is 6.26 Å². The first kappa shape index (κ1) is 15.3. The molecule has 0 aliphatic carbocycles. The summed E-state index contributed by atoms with van der Waals surface area (Å²) in [5, 5.41) is 0. The molecular weight excluding hydrogens is 268 g/mol. The van der Waals surface area contributed by atoms with Crippen molar-refractivity contribution in [3.63, 3.8) is 0 Å². The van der Waals surface area contributed by atoms with Crippen LogP contribution in [0.5, 0.6) is 0 Å². The fourth-order valence-corrected chi connectivity index (χ4v) is 3.65. The summed E-state index contributed by atoms with van der Waals surface area (Å²) in [6.45, 7) is 7.16. The van der Waals surface area contributed by atoms with Gasteiger partial charge in [-0.25, -0.2) is 0 Å². The van der Waals surface area contributed by atoms with E-state index in [2.05, 4.69) is 37.9 Å². The topological polar surface area (TPSA) is 42.4 Å². The Morgan fingerprint density at radius 1 is 1.30 bits per heavy atom. The fourth-order valence-electron chi connectivity index (χ4n) is 2.53. The van der Waals surface area contributed by atoms with Crippen molar-refractivity contribution in [2.24, 2.45) is 5.73 Å². The van der Waals surface area contributed by atoms with Gasteiger partial charge in [-0.2, -0.15) is 0 Å². The van der Waals surface area contributed by atoms with Crippen molar-refractivity contribution < 1.29 is 4.42 Å². The smallest absolute Gasteiger partial charge is 0.105 e. The first-order valence-corrected chi connectivity index (χ1v) is 7.89. The van der Waals surface area contributed by atoms with E-state index in [1.807, 2.05) is 24.3 Å². The van der Waals surface area contributed by atoms with Crippen LogP contribution in [0.3, 0.4) is 0 Å². The van der Waals surface area contributed by atoms with E-state index in [9.17, 15) is 0 Å². The minimum absolute atomic E-state index is 0.144. The third-order valence-corrected chi connectivity index (χ3v) is 4.86. The summed E-state index contributed by atoms with van der Waals surface area (Å²) in [5.41, 5.74) is 7.60. The van der Waals surface area contributed by atoms with Crippen LogP contribution < -0.4 is 5.73 Å². The average Bonchev–Trinajstić information content (AvgIpc) is 2.99. The average molecular weight is 292 g/mol. The van der Waals surface area contributed by atoms with Crippen LogP contribution in [-0.2, 0) is 6.54 Å². The normalized spacial score (nSPS) is 14.7. The van der Waals surface area contributed by atoms with Crippen molar-refractivity contribution in [1.82, 2.24) is 4.90 Å². The quantitative estimate of drug-likeness (QED) is 0.879. The number of furan rings is 1. The molecule has 2 atom stereocenters. The number of nitrogens with two attached hydrogens (primary N) is 1. The monoisotopic (exact) mass is 292 g/mol. The van der Waals surface area contributed by atoms with E-state index in [0.717, 1.165) is 18.7 Å². The SMILES string of the molecule is CCC(N)C(c1ccc(C)s1)N(C)Cc1ccoc1C. The van der Waals surface area contributed by atoms with E-state index in [4.69, 9.17) is 10.2 Å². The van der Waals surface area contributed by atoms with Gasteiger partial charge in [0.1, 0.15) is 5.76 Å². The first-order chi connectivity index (χ1) is 9.52. The molecule has 0 saturated heterocycles. The summed E-state index contributed by atoms with van der Waals surface area (Å²) >= 11 is 1.84. The molecule has 2 heterocycles. The van der Waals surface area contributed by atoms with Gasteiger partial charge in [0.05, 0.1) is 12.3 Å². The zero-order valence-electron chi connectivity index (χ0n) is 12.7. The van der Waals surface area contributed by atoms with Crippen LogP contribution >= 0.6 is 11.3 Å². The lowest BCUT2D eigenvalue weighted by molar-refractivity contribution is 0.204. The molecule has 0 bridgehead atoms. The number of thiophene rings is 1. The van der Waals surface area contributed by atoms with Gasteiger partial charge >= 0.3 is 0 Å². The van der Waals surface area contributed by atoms with Gasteiger partial charge in [0.15, 0.2) is 0 Å². The van der Waals surface area contributed by atoms with Crippen molar-refractivity contribution in [2.75, 3.05) is 7.05 Å². The van der Waals surface area contributed by atoms with Crippen molar-refractivity contribution in [2.45, 2.75) is 45.8 Å². The fraction of sp³-hybridized carbons (Fsp3) is 0.500. The summed E-state index contributed by atoms with van der Waals surface area (Å²) in [5.74, 6) is 0.989. The molecule has 0 spiro atoms. The third kappa shape index (κ3) is 3.32. The number of rotatable bonds is 6. The third-order valence-electron chi connectivity index (χ3n) is 3.79. The molecule has 0 saturated carbocycles. The second-order valence-electron chi connectivity index (χ2n) is 5.38. The van der Waals surface area contributed by atoms with Gasteiger partial charge in [0.25, 0.3) is 0 Å². The Balaban J connectivity index is 2.20. The Bertz CT molecular complexity index is 546. The van der Waals surface area contributed by atoms with Crippen LogP contribution in [-0.4, -0.2) is 18.0 Å². The van der Waals surface area contributed by atoms with Crippen LogP contribution in [0.1, 0.15) is 40.5 Å². The highest BCUT2D eigenvalue weighted by atomic mass is 32.1. The summed E-state index contributed by atoms with van der Waals surface area (Å²) in [7, 11) is 2.14. The molecule has 2 N–H and O–H groups in total.